The molecule has 0 radical (unpaired) electrons. The minimum atomic E-state index is 0.595. The van der Waals surface area contributed by atoms with Crippen LogP contribution in [0.15, 0.2) is 12.2 Å². The van der Waals surface area contributed by atoms with E-state index in [-0.39, 0.29) is 0 Å². The van der Waals surface area contributed by atoms with E-state index in [1.165, 1.54) is 26.4 Å². The standard InChI is InChI=1S/C7H13N.CH5N/c1-7-5-3-2-4-6-8-7;1-2/h3,5,7-8H,2,4,6H2,1H3;2H2,1H3. The SMILES string of the molecule is CC1C=CCCCN1.CN. The number of hydrogen-bond donors (Lipinski definition) is 2. The summed E-state index contributed by atoms with van der Waals surface area (Å²) in [4.78, 5) is 0. The van der Waals surface area contributed by atoms with Gasteiger partial charge in [-0.05, 0) is 33.4 Å². The van der Waals surface area contributed by atoms with Crippen molar-refractivity contribution in [2.24, 2.45) is 5.73 Å². The molecule has 0 spiro atoms. The Balaban J connectivity index is 0.000000371. The summed E-state index contributed by atoms with van der Waals surface area (Å²) in [5.74, 6) is 0. The fraction of sp³-hybridized carbons (Fsp3) is 0.750. The highest BCUT2D eigenvalue weighted by atomic mass is 14.9. The molecule has 1 aliphatic heterocycles. The first-order chi connectivity index (χ1) is 4.89. The first kappa shape index (κ1) is 9.66. The Morgan fingerprint density at radius 1 is 1.50 bits per heavy atom. The van der Waals surface area contributed by atoms with Crippen LogP contribution < -0.4 is 11.1 Å². The molecule has 0 amide bonds. The lowest BCUT2D eigenvalue weighted by molar-refractivity contribution is 0.628. The monoisotopic (exact) mass is 142 g/mol. The number of allylic oxidation sites excluding steroid dienone is 1. The molecule has 2 heteroatoms. The first-order valence-corrected chi connectivity index (χ1v) is 3.87. The number of hydrogen-bond acceptors (Lipinski definition) is 2. The van der Waals surface area contributed by atoms with Gasteiger partial charge in [0.05, 0.1) is 0 Å². The molecule has 0 aromatic rings. The van der Waals surface area contributed by atoms with Crippen molar-refractivity contribution in [3.63, 3.8) is 0 Å². The topological polar surface area (TPSA) is 38.0 Å². The summed E-state index contributed by atoms with van der Waals surface area (Å²) in [5.41, 5.74) is 4.50. The molecular formula is C8H18N2. The zero-order valence-electron chi connectivity index (χ0n) is 6.93. The van der Waals surface area contributed by atoms with E-state index < -0.39 is 0 Å². The fourth-order valence-corrected chi connectivity index (χ4v) is 0.918. The molecule has 0 bridgehead atoms. The fourth-order valence-electron chi connectivity index (χ4n) is 0.918. The second-order valence-corrected chi connectivity index (χ2v) is 2.31. The van der Waals surface area contributed by atoms with E-state index in [1.54, 1.807) is 0 Å². The Kier molecular flexibility index (Phi) is 6.55. The molecule has 1 aliphatic rings. The van der Waals surface area contributed by atoms with Gasteiger partial charge in [-0.25, -0.2) is 0 Å². The average Bonchev–Trinajstić information content (AvgIpc) is 2.21. The Morgan fingerprint density at radius 2 is 2.20 bits per heavy atom. The quantitative estimate of drug-likeness (QED) is 0.493. The van der Waals surface area contributed by atoms with Crippen molar-refractivity contribution in [2.45, 2.75) is 25.8 Å². The van der Waals surface area contributed by atoms with Gasteiger partial charge in [-0.2, -0.15) is 0 Å². The van der Waals surface area contributed by atoms with Crippen LogP contribution in [0.25, 0.3) is 0 Å². The molecular weight excluding hydrogens is 124 g/mol. The molecule has 2 nitrogen and oxygen atoms in total. The summed E-state index contributed by atoms with van der Waals surface area (Å²) in [6.45, 7) is 3.36. The van der Waals surface area contributed by atoms with Crippen molar-refractivity contribution in [3.8, 4) is 0 Å². The molecule has 0 aliphatic carbocycles. The van der Waals surface area contributed by atoms with Crippen molar-refractivity contribution in [2.75, 3.05) is 13.6 Å². The summed E-state index contributed by atoms with van der Waals surface area (Å²) in [6, 6.07) is 0.595. The summed E-state index contributed by atoms with van der Waals surface area (Å²) < 4.78 is 0. The highest BCUT2D eigenvalue weighted by Gasteiger charge is 1.96. The molecule has 0 saturated carbocycles. The summed E-state index contributed by atoms with van der Waals surface area (Å²) in [7, 11) is 1.50. The van der Waals surface area contributed by atoms with Crippen molar-refractivity contribution < 1.29 is 0 Å². The number of rotatable bonds is 0. The number of nitrogens with two attached hydrogens (primary N) is 1. The molecule has 60 valence electrons. The molecule has 1 atom stereocenters. The smallest absolute Gasteiger partial charge is 0.0221 e. The van der Waals surface area contributed by atoms with Crippen LogP contribution in [0, 0.1) is 0 Å². The summed E-state index contributed by atoms with van der Waals surface area (Å²) in [5, 5.41) is 3.36. The Hall–Kier alpha value is -0.340. The van der Waals surface area contributed by atoms with Gasteiger partial charge in [-0.1, -0.05) is 12.2 Å². The van der Waals surface area contributed by atoms with Gasteiger partial charge in [0.1, 0.15) is 0 Å². The van der Waals surface area contributed by atoms with Crippen LogP contribution in [0.5, 0.6) is 0 Å². The molecule has 1 heterocycles. The van der Waals surface area contributed by atoms with Crippen LogP contribution in [-0.2, 0) is 0 Å². The van der Waals surface area contributed by atoms with Gasteiger partial charge in [0.2, 0.25) is 0 Å². The highest BCUT2D eigenvalue weighted by Crippen LogP contribution is 1.97. The molecule has 3 N–H and O–H groups in total. The van der Waals surface area contributed by atoms with Gasteiger partial charge in [0, 0.05) is 6.04 Å². The molecule has 1 unspecified atom stereocenters. The van der Waals surface area contributed by atoms with Crippen molar-refractivity contribution >= 4 is 0 Å². The van der Waals surface area contributed by atoms with Gasteiger partial charge in [-0.15, -0.1) is 0 Å². The van der Waals surface area contributed by atoms with Crippen LogP contribution in [-0.4, -0.2) is 19.6 Å². The van der Waals surface area contributed by atoms with E-state index in [0.29, 0.717) is 6.04 Å². The molecule has 1 rings (SSSR count). The minimum Gasteiger partial charge on any atom is -0.333 e. The normalized spacial score (nSPS) is 24.5. The lowest BCUT2D eigenvalue weighted by Gasteiger charge is -2.03. The Bertz CT molecular complexity index is 89.3. The highest BCUT2D eigenvalue weighted by molar-refractivity contribution is 4.92. The average molecular weight is 142 g/mol. The zero-order chi connectivity index (χ0) is 7.82. The van der Waals surface area contributed by atoms with Gasteiger partial charge in [0.15, 0.2) is 0 Å². The van der Waals surface area contributed by atoms with Gasteiger partial charge in [0.25, 0.3) is 0 Å². The maximum absolute atomic E-state index is 4.50. The Morgan fingerprint density at radius 3 is 2.90 bits per heavy atom. The van der Waals surface area contributed by atoms with Crippen molar-refractivity contribution in [1.82, 2.24) is 5.32 Å². The van der Waals surface area contributed by atoms with E-state index in [4.69, 9.17) is 0 Å². The third-order valence-electron chi connectivity index (χ3n) is 1.44. The van der Waals surface area contributed by atoms with E-state index in [1.807, 2.05) is 0 Å². The van der Waals surface area contributed by atoms with Crippen molar-refractivity contribution in [3.05, 3.63) is 12.2 Å². The molecule has 0 aromatic heterocycles. The lowest BCUT2D eigenvalue weighted by atomic mass is 10.3. The van der Waals surface area contributed by atoms with E-state index in [9.17, 15) is 0 Å². The van der Waals surface area contributed by atoms with Crippen LogP contribution in [0.4, 0.5) is 0 Å². The predicted molar refractivity (Wildman–Crippen MR) is 46.0 cm³/mol. The van der Waals surface area contributed by atoms with Gasteiger partial charge >= 0.3 is 0 Å². The van der Waals surface area contributed by atoms with E-state index in [2.05, 4.69) is 30.1 Å². The molecule has 10 heavy (non-hydrogen) atoms. The van der Waals surface area contributed by atoms with Crippen LogP contribution in [0.3, 0.4) is 0 Å². The van der Waals surface area contributed by atoms with Gasteiger partial charge in [-0.3, -0.25) is 0 Å². The Labute approximate surface area is 63.5 Å². The third kappa shape index (κ3) is 4.53. The first-order valence-electron chi connectivity index (χ1n) is 3.87. The zero-order valence-corrected chi connectivity index (χ0v) is 6.93. The van der Waals surface area contributed by atoms with Crippen LogP contribution in [0.1, 0.15) is 19.8 Å². The maximum atomic E-state index is 4.50. The molecule has 0 aromatic carbocycles. The van der Waals surface area contributed by atoms with Gasteiger partial charge < -0.3 is 11.1 Å². The number of nitrogens with one attached hydrogen (secondary N) is 1. The van der Waals surface area contributed by atoms with E-state index >= 15 is 0 Å². The van der Waals surface area contributed by atoms with Crippen molar-refractivity contribution in [1.29, 1.82) is 0 Å². The van der Waals surface area contributed by atoms with Crippen LogP contribution in [0.2, 0.25) is 0 Å². The lowest BCUT2D eigenvalue weighted by Crippen LogP contribution is -2.23. The third-order valence-corrected chi connectivity index (χ3v) is 1.44. The molecule has 0 saturated heterocycles. The van der Waals surface area contributed by atoms with Crippen LogP contribution >= 0.6 is 0 Å². The van der Waals surface area contributed by atoms with E-state index in [0.717, 1.165) is 0 Å². The second kappa shape index (κ2) is 6.78. The largest absolute Gasteiger partial charge is 0.333 e. The maximum Gasteiger partial charge on any atom is 0.0221 e. The summed E-state index contributed by atoms with van der Waals surface area (Å²) >= 11 is 0. The molecule has 0 fully saturated rings. The summed E-state index contributed by atoms with van der Waals surface area (Å²) in [6.07, 6.45) is 7.02. The predicted octanol–water partition coefficient (Wildman–Crippen LogP) is 0.889. The second-order valence-electron chi connectivity index (χ2n) is 2.31. The minimum absolute atomic E-state index is 0.595.